The molecule has 0 heterocycles. The molecule has 0 spiro atoms. The molecule has 0 unspecified atom stereocenters. The highest BCUT2D eigenvalue weighted by Crippen LogP contribution is 2.17. The van der Waals surface area contributed by atoms with Crippen LogP contribution in [0, 0.1) is 5.41 Å². The van der Waals surface area contributed by atoms with Gasteiger partial charge in [0.05, 0.1) is 11.6 Å². The first kappa shape index (κ1) is 16.2. The van der Waals surface area contributed by atoms with Crippen LogP contribution >= 0.6 is 0 Å². The summed E-state index contributed by atoms with van der Waals surface area (Å²) in [6.45, 7) is 6.17. The molecule has 1 amide bonds. The lowest BCUT2D eigenvalue weighted by Gasteiger charge is -2.25. The molecule has 1 rings (SSSR count). The molecule has 4 N–H and O–H groups in total. The van der Waals surface area contributed by atoms with Gasteiger partial charge in [-0.2, -0.15) is 0 Å². The number of carbonyl (C=O) groups is 2. The molecule has 0 aliphatic rings. The lowest BCUT2D eigenvalue weighted by atomic mass is 9.87. The minimum absolute atomic E-state index is 0.188. The van der Waals surface area contributed by atoms with Gasteiger partial charge in [0.2, 0.25) is 5.91 Å². The number of carboxylic acid groups (broad SMARTS) is 1. The highest BCUT2D eigenvalue weighted by atomic mass is 16.4. The highest BCUT2D eigenvalue weighted by molar-refractivity contribution is 5.87. The van der Waals surface area contributed by atoms with Crippen LogP contribution in [0.2, 0.25) is 0 Å². The molecule has 5 heteroatoms. The van der Waals surface area contributed by atoms with Gasteiger partial charge in [-0.3, -0.25) is 4.79 Å². The van der Waals surface area contributed by atoms with Crippen LogP contribution in [-0.4, -0.2) is 29.6 Å². The normalized spacial score (nSPS) is 12.8. The van der Waals surface area contributed by atoms with E-state index in [4.69, 9.17) is 10.8 Å². The van der Waals surface area contributed by atoms with Crippen molar-refractivity contribution in [1.82, 2.24) is 5.32 Å². The van der Waals surface area contributed by atoms with E-state index < -0.39 is 12.0 Å². The molecule has 0 aromatic heterocycles. The Bertz CT molecular complexity index is 492. The predicted molar refractivity (Wildman–Crippen MR) is 77.5 cm³/mol. The van der Waals surface area contributed by atoms with Crippen LogP contribution in [-0.2, 0) is 11.2 Å². The maximum absolute atomic E-state index is 11.8. The van der Waals surface area contributed by atoms with Crippen LogP contribution in [0.5, 0.6) is 0 Å². The predicted octanol–water partition coefficient (Wildman–Crippen LogP) is 1.42. The van der Waals surface area contributed by atoms with Crippen LogP contribution in [0.15, 0.2) is 24.3 Å². The fourth-order valence-corrected chi connectivity index (χ4v) is 1.69. The number of nitrogens with two attached hydrogens (primary N) is 1. The molecule has 0 aliphatic carbocycles. The summed E-state index contributed by atoms with van der Waals surface area (Å²) in [6, 6.07) is 6.12. The summed E-state index contributed by atoms with van der Waals surface area (Å²) >= 11 is 0. The fourth-order valence-electron chi connectivity index (χ4n) is 1.69. The topological polar surface area (TPSA) is 92.4 Å². The maximum Gasteiger partial charge on any atom is 0.335 e. The van der Waals surface area contributed by atoms with Crippen molar-refractivity contribution in [3.8, 4) is 0 Å². The largest absolute Gasteiger partial charge is 0.478 e. The SMILES string of the molecule is CC(C)(C)[C@H](N)C(=O)NCCc1cccc(C(=O)O)c1. The van der Waals surface area contributed by atoms with E-state index in [0.717, 1.165) is 5.56 Å². The summed E-state index contributed by atoms with van der Waals surface area (Å²) in [5.41, 5.74) is 6.68. The van der Waals surface area contributed by atoms with E-state index in [1.807, 2.05) is 26.8 Å². The Kier molecular flexibility index (Phi) is 5.27. The van der Waals surface area contributed by atoms with E-state index in [0.29, 0.717) is 13.0 Å². The Balaban J connectivity index is 2.51. The van der Waals surface area contributed by atoms with E-state index >= 15 is 0 Å². The highest BCUT2D eigenvalue weighted by Gasteiger charge is 2.26. The number of aromatic carboxylic acids is 1. The quantitative estimate of drug-likeness (QED) is 0.759. The number of hydrogen-bond donors (Lipinski definition) is 3. The summed E-state index contributed by atoms with van der Waals surface area (Å²) < 4.78 is 0. The van der Waals surface area contributed by atoms with Crippen molar-refractivity contribution in [2.45, 2.75) is 33.2 Å². The third-order valence-corrected chi connectivity index (χ3v) is 3.10. The molecular weight excluding hydrogens is 256 g/mol. The van der Waals surface area contributed by atoms with Crippen molar-refractivity contribution in [3.63, 3.8) is 0 Å². The Morgan fingerprint density at radius 2 is 2.00 bits per heavy atom. The second kappa shape index (κ2) is 6.52. The van der Waals surface area contributed by atoms with Crippen molar-refractivity contribution in [3.05, 3.63) is 35.4 Å². The zero-order valence-corrected chi connectivity index (χ0v) is 12.1. The number of rotatable bonds is 5. The van der Waals surface area contributed by atoms with E-state index in [-0.39, 0.29) is 16.9 Å². The van der Waals surface area contributed by atoms with Crippen molar-refractivity contribution in [2.24, 2.45) is 11.1 Å². The summed E-state index contributed by atoms with van der Waals surface area (Å²) in [5, 5.41) is 11.7. The smallest absolute Gasteiger partial charge is 0.335 e. The van der Waals surface area contributed by atoms with Gasteiger partial charge in [0.15, 0.2) is 0 Å². The number of carboxylic acids is 1. The Hall–Kier alpha value is -1.88. The maximum atomic E-state index is 11.8. The van der Waals surface area contributed by atoms with Gasteiger partial charge in [0.1, 0.15) is 0 Å². The summed E-state index contributed by atoms with van der Waals surface area (Å²) in [4.78, 5) is 22.7. The molecule has 0 aliphatic heterocycles. The molecule has 20 heavy (non-hydrogen) atoms. The van der Waals surface area contributed by atoms with Crippen molar-refractivity contribution in [1.29, 1.82) is 0 Å². The van der Waals surface area contributed by atoms with Gasteiger partial charge < -0.3 is 16.2 Å². The van der Waals surface area contributed by atoms with Crippen molar-refractivity contribution in [2.75, 3.05) is 6.54 Å². The Morgan fingerprint density at radius 1 is 1.35 bits per heavy atom. The van der Waals surface area contributed by atoms with Crippen LogP contribution in [0.3, 0.4) is 0 Å². The van der Waals surface area contributed by atoms with Crippen LogP contribution in [0.4, 0.5) is 0 Å². The third kappa shape index (κ3) is 4.66. The molecular formula is C15H22N2O3. The second-order valence-electron chi connectivity index (χ2n) is 5.89. The van der Waals surface area contributed by atoms with E-state index in [9.17, 15) is 9.59 Å². The van der Waals surface area contributed by atoms with Gasteiger partial charge >= 0.3 is 5.97 Å². The molecule has 1 atom stereocenters. The van der Waals surface area contributed by atoms with E-state index in [1.54, 1.807) is 18.2 Å². The molecule has 0 saturated carbocycles. The van der Waals surface area contributed by atoms with Gasteiger partial charge in [-0.15, -0.1) is 0 Å². The number of amides is 1. The van der Waals surface area contributed by atoms with Crippen molar-refractivity contribution >= 4 is 11.9 Å². The van der Waals surface area contributed by atoms with Gasteiger partial charge in [-0.05, 0) is 29.5 Å². The standard InChI is InChI=1S/C15H22N2O3/c1-15(2,3)12(16)13(18)17-8-7-10-5-4-6-11(9-10)14(19)20/h4-6,9,12H,7-8,16H2,1-3H3,(H,17,18)(H,19,20)/t12-/m1/s1. The number of benzene rings is 1. The molecule has 0 bridgehead atoms. The summed E-state index contributed by atoms with van der Waals surface area (Å²) in [5.74, 6) is -1.14. The fraction of sp³-hybridized carbons (Fsp3) is 0.467. The average molecular weight is 278 g/mol. The van der Waals surface area contributed by atoms with Crippen LogP contribution in [0.1, 0.15) is 36.7 Å². The van der Waals surface area contributed by atoms with Crippen molar-refractivity contribution < 1.29 is 14.7 Å². The lowest BCUT2D eigenvalue weighted by Crippen LogP contribution is -2.48. The van der Waals surface area contributed by atoms with Crippen LogP contribution < -0.4 is 11.1 Å². The molecule has 5 nitrogen and oxygen atoms in total. The first-order valence-electron chi connectivity index (χ1n) is 6.57. The Labute approximate surface area is 119 Å². The first-order chi connectivity index (χ1) is 9.21. The average Bonchev–Trinajstić information content (AvgIpc) is 2.37. The zero-order valence-electron chi connectivity index (χ0n) is 12.1. The second-order valence-corrected chi connectivity index (χ2v) is 5.89. The van der Waals surface area contributed by atoms with Gasteiger partial charge in [-0.25, -0.2) is 4.79 Å². The number of carbonyl (C=O) groups excluding carboxylic acids is 1. The van der Waals surface area contributed by atoms with Gasteiger partial charge in [-0.1, -0.05) is 32.9 Å². The zero-order chi connectivity index (χ0) is 15.3. The van der Waals surface area contributed by atoms with Crippen LogP contribution in [0.25, 0.3) is 0 Å². The first-order valence-corrected chi connectivity index (χ1v) is 6.57. The minimum Gasteiger partial charge on any atom is -0.478 e. The summed E-state index contributed by atoms with van der Waals surface area (Å²) in [6.07, 6.45) is 0.573. The third-order valence-electron chi connectivity index (χ3n) is 3.10. The molecule has 0 saturated heterocycles. The molecule has 110 valence electrons. The molecule has 0 radical (unpaired) electrons. The summed E-state index contributed by atoms with van der Waals surface area (Å²) in [7, 11) is 0. The lowest BCUT2D eigenvalue weighted by molar-refractivity contribution is -0.124. The minimum atomic E-state index is -0.953. The monoisotopic (exact) mass is 278 g/mol. The van der Waals surface area contributed by atoms with E-state index in [1.165, 1.54) is 0 Å². The molecule has 1 aromatic rings. The number of nitrogens with one attached hydrogen (secondary N) is 1. The van der Waals surface area contributed by atoms with E-state index in [2.05, 4.69) is 5.32 Å². The molecule has 0 fully saturated rings. The molecule has 1 aromatic carbocycles. The number of hydrogen-bond acceptors (Lipinski definition) is 3. The Morgan fingerprint density at radius 3 is 2.55 bits per heavy atom. The van der Waals surface area contributed by atoms with Gasteiger partial charge in [0, 0.05) is 6.54 Å². The van der Waals surface area contributed by atoms with Gasteiger partial charge in [0.25, 0.3) is 0 Å².